The molecule has 104 valence electrons. The summed E-state index contributed by atoms with van der Waals surface area (Å²) in [6.45, 7) is 3.58. The van der Waals surface area contributed by atoms with E-state index < -0.39 is 0 Å². The SMILES string of the molecule is CCCC1CC1NC1CCCC1C1CCCCN1. The molecular weight excluding hydrogens is 220 g/mol. The number of hydrogen-bond donors (Lipinski definition) is 2. The van der Waals surface area contributed by atoms with Gasteiger partial charge in [-0.2, -0.15) is 0 Å². The van der Waals surface area contributed by atoms with Crippen molar-refractivity contribution in [2.45, 2.75) is 82.8 Å². The molecule has 2 nitrogen and oxygen atoms in total. The number of nitrogens with one attached hydrogen (secondary N) is 2. The first-order valence-corrected chi connectivity index (χ1v) is 8.38. The minimum absolute atomic E-state index is 0.821. The molecule has 1 heterocycles. The third-order valence-electron chi connectivity index (χ3n) is 5.44. The molecule has 0 aromatic rings. The molecule has 0 radical (unpaired) electrons. The zero-order valence-corrected chi connectivity index (χ0v) is 12.0. The fraction of sp³-hybridized carbons (Fsp3) is 1.00. The van der Waals surface area contributed by atoms with Crippen LogP contribution < -0.4 is 10.6 Å². The maximum Gasteiger partial charge on any atom is 0.0113 e. The lowest BCUT2D eigenvalue weighted by atomic mass is 9.88. The van der Waals surface area contributed by atoms with Crippen LogP contribution in [0.4, 0.5) is 0 Å². The van der Waals surface area contributed by atoms with Gasteiger partial charge in [0, 0.05) is 18.1 Å². The number of rotatable bonds is 5. The van der Waals surface area contributed by atoms with Crippen molar-refractivity contribution in [3.8, 4) is 0 Å². The van der Waals surface area contributed by atoms with Crippen molar-refractivity contribution in [3.05, 3.63) is 0 Å². The number of piperidine rings is 1. The monoisotopic (exact) mass is 250 g/mol. The Morgan fingerprint density at radius 3 is 2.78 bits per heavy atom. The average molecular weight is 250 g/mol. The van der Waals surface area contributed by atoms with Gasteiger partial charge in [0.25, 0.3) is 0 Å². The van der Waals surface area contributed by atoms with Crippen LogP contribution >= 0.6 is 0 Å². The molecule has 3 fully saturated rings. The molecule has 1 saturated heterocycles. The van der Waals surface area contributed by atoms with Crippen LogP contribution in [-0.4, -0.2) is 24.7 Å². The zero-order chi connectivity index (χ0) is 12.4. The lowest BCUT2D eigenvalue weighted by Crippen LogP contribution is -2.47. The standard InChI is InChI=1S/C16H30N2/c1-2-6-12-11-16(12)18-15-9-5-7-13(15)14-8-3-4-10-17-14/h12-18H,2-11H2,1H3. The predicted molar refractivity (Wildman–Crippen MR) is 76.7 cm³/mol. The third kappa shape index (κ3) is 2.91. The van der Waals surface area contributed by atoms with Crippen LogP contribution in [0, 0.1) is 11.8 Å². The van der Waals surface area contributed by atoms with Crippen LogP contribution in [0.3, 0.4) is 0 Å². The molecule has 0 bridgehead atoms. The van der Waals surface area contributed by atoms with E-state index in [2.05, 4.69) is 17.6 Å². The molecule has 18 heavy (non-hydrogen) atoms. The molecule has 2 aliphatic carbocycles. The maximum atomic E-state index is 4.00. The fourth-order valence-corrected chi connectivity index (χ4v) is 4.34. The molecule has 1 aliphatic heterocycles. The summed E-state index contributed by atoms with van der Waals surface area (Å²) in [7, 11) is 0. The van der Waals surface area contributed by atoms with E-state index in [1.807, 2.05) is 0 Å². The van der Waals surface area contributed by atoms with Crippen LogP contribution in [0.5, 0.6) is 0 Å². The molecule has 2 heteroatoms. The van der Waals surface area contributed by atoms with Gasteiger partial charge in [-0.1, -0.05) is 26.2 Å². The Morgan fingerprint density at radius 2 is 2.00 bits per heavy atom. The van der Waals surface area contributed by atoms with Gasteiger partial charge in [0.15, 0.2) is 0 Å². The van der Waals surface area contributed by atoms with Gasteiger partial charge in [0.05, 0.1) is 0 Å². The second-order valence-corrected chi connectivity index (χ2v) is 6.82. The highest BCUT2D eigenvalue weighted by molar-refractivity contribution is 4.99. The van der Waals surface area contributed by atoms with Gasteiger partial charge >= 0.3 is 0 Å². The molecule has 5 unspecified atom stereocenters. The molecule has 2 saturated carbocycles. The van der Waals surface area contributed by atoms with E-state index in [0.29, 0.717) is 0 Å². The van der Waals surface area contributed by atoms with Crippen LogP contribution in [0.1, 0.15) is 64.7 Å². The quantitative estimate of drug-likeness (QED) is 0.783. The van der Waals surface area contributed by atoms with E-state index in [9.17, 15) is 0 Å². The van der Waals surface area contributed by atoms with E-state index in [1.54, 1.807) is 0 Å². The Balaban J connectivity index is 1.48. The summed E-state index contributed by atoms with van der Waals surface area (Å²) >= 11 is 0. The minimum atomic E-state index is 0.821. The van der Waals surface area contributed by atoms with Crippen molar-refractivity contribution < 1.29 is 0 Å². The Kier molecular flexibility index (Phi) is 4.25. The molecule has 0 amide bonds. The van der Waals surface area contributed by atoms with Gasteiger partial charge in [-0.3, -0.25) is 0 Å². The molecule has 5 atom stereocenters. The molecular formula is C16H30N2. The van der Waals surface area contributed by atoms with Crippen LogP contribution in [0.25, 0.3) is 0 Å². The van der Waals surface area contributed by atoms with Crippen LogP contribution in [-0.2, 0) is 0 Å². The summed E-state index contributed by atoms with van der Waals surface area (Å²) in [5, 5.41) is 7.78. The van der Waals surface area contributed by atoms with Gasteiger partial charge < -0.3 is 10.6 Å². The fourth-order valence-electron chi connectivity index (χ4n) is 4.34. The number of hydrogen-bond acceptors (Lipinski definition) is 2. The van der Waals surface area contributed by atoms with Crippen molar-refractivity contribution in [1.82, 2.24) is 10.6 Å². The molecule has 2 N–H and O–H groups in total. The van der Waals surface area contributed by atoms with Crippen molar-refractivity contribution in [1.29, 1.82) is 0 Å². The van der Waals surface area contributed by atoms with Crippen LogP contribution in [0.2, 0.25) is 0 Å². The summed E-state index contributed by atoms with van der Waals surface area (Å²) in [5.74, 6) is 1.93. The summed E-state index contributed by atoms with van der Waals surface area (Å²) in [6.07, 6.45) is 12.9. The van der Waals surface area contributed by atoms with E-state index in [4.69, 9.17) is 0 Å². The molecule has 3 aliphatic rings. The largest absolute Gasteiger partial charge is 0.314 e. The van der Waals surface area contributed by atoms with Crippen molar-refractivity contribution >= 4 is 0 Å². The first-order valence-electron chi connectivity index (χ1n) is 8.38. The smallest absolute Gasteiger partial charge is 0.0113 e. The third-order valence-corrected chi connectivity index (χ3v) is 5.44. The maximum absolute atomic E-state index is 4.00. The zero-order valence-electron chi connectivity index (χ0n) is 12.0. The second kappa shape index (κ2) is 5.92. The lowest BCUT2D eigenvalue weighted by Gasteiger charge is -2.33. The Hall–Kier alpha value is -0.0800. The van der Waals surface area contributed by atoms with Crippen LogP contribution in [0.15, 0.2) is 0 Å². The normalized spacial score (nSPS) is 44.2. The average Bonchev–Trinajstić information content (AvgIpc) is 2.96. The highest BCUT2D eigenvalue weighted by Crippen LogP contribution is 2.38. The molecule has 0 aromatic carbocycles. The lowest BCUT2D eigenvalue weighted by molar-refractivity contribution is 0.254. The summed E-state index contributed by atoms with van der Waals surface area (Å²) in [6, 6.07) is 2.52. The molecule has 0 spiro atoms. The van der Waals surface area contributed by atoms with Crippen molar-refractivity contribution in [3.63, 3.8) is 0 Å². The predicted octanol–water partition coefficient (Wildman–Crippen LogP) is 3.08. The van der Waals surface area contributed by atoms with E-state index in [0.717, 1.165) is 30.0 Å². The molecule has 3 rings (SSSR count). The Labute approximate surface area is 112 Å². The van der Waals surface area contributed by atoms with Gasteiger partial charge in [-0.15, -0.1) is 0 Å². The Morgan fingerprint density at radius 1 is 1.06 bits per heavy atom. The van der Waals surface area contributed by atoms with E-state index in [-0.39, 0.29) is 0 Å². The minimum Gasteiger partial charge on any atom is -0.314 e. The first-order chi connectivity index (χ1) is 8.88. The highest BCUT2D eigenvalue weighted by Gasteiger charge is 2.41. The Bertz CT molecular complexity index is 260. The van der Waals surface area contributed by atoms with Gasteiger partial charge in [-0.25, -0.2) is 0 Å². The highest BCUT2D eigenvalue weighted by atomic mass is 15.0. The van der Waals surface area contributed by atoms with Gasteiger partial charge in [0.2, 0.25) is 0 Å². The summed E-state index contributed by atoms with van der Waals surface area (Å²) < 4.78 is 0. The first kappa shape index (κ1) is 12.9. The van der Waals surface area contributed by atoms with E-state index >= 15 is 0 Å². The van der Waals surface area contributed by atoms with E-state index in [1.165, 1.54) is 64.3 Å². The summed E-state index contributed by atoms with van der Waals surface area (Å²) in [4.78, 5) is 0. The summed E-state index contributed by atoms with van der Waals surface area (Å²) in [5.41, 5.74) is 0. The topological polar surface area (TPSA) is 24.1 Å². The van der Waals surface area contributed by atoms with Crippen molar-refractivity contribution in [2.24, 2.45) is 11.8 Å². The second-order valence-electron chi connectivity index (χ2n) is 6.82. The van der Waals surface area contributed by atoms with Gasteiger partial charge in [0.1, 0.15) is 0 Å². The van der Waals surface area contributed by atoms with Gasteiger partial charge in [-0.05, 0) is 56.9 Å². The van der Waals surface area contributed by atoms with Crippen molar-refractivity contribution in [2.75, 3.05) is 6.54 Å². The molecule has 0 aromatic heterocycles.